The van der Waals surface area contributed by atoms with Gasteiger partial charge >= 0.3 is 0 Å². The van der Waals surface area contributed by atoms with Crippen molar-refractivity contribution in [2.24, 2.45) is 0 Å². The van der Waals surface area contributed by atoms with Gasteiger partial charge in [0.25, 0.3) is 0 Å². The molecule has 1 fully saturated rings. The zero-order valence-corrected chi connectivity index (χ0v) is 17.1. The minimum atomic E-state index is -2.75. The molecule has 0 spiro atoms. The van der Waals surface area contributed by atoms with E-state index in [0.717, 1.165) is 32.8 Å². The number of thiophene rings is 1. The Balaban J connectivity index is 1.65. The molecule has 4 rings (SSSR count). The van der Waals surface area contributed by atoms with Crippen LogP contribution >= 0.6 is 18.7 Å². The fourth-order valence-corrected chi connectivity index (χ4v) is 7.44. The molecule has 1 aliphatic rings. The van der Waals surface area contributed by atoms with Gasteiger partial charge in [-0.25, -0.2) is 4.98 Å². The summed E-state index contributed by atoms with van der Waals surface area (Å²) < 4.78 is 25.7. The first-order valence-corrected chi connectivity index (χ1v) is 11.6. The molecule has 3 aromatic rings. The maximum absolute atomic E-state index is 13.5. The number of rotatable bonds is 6. The molecule has 0 aliphatic carbocycles. The first kappa shape index (κ1) is 18.4. The summed E-state index contributed by atoms with van der Waals surface area (Å²) in [5.74, 6) is 1.50. The Labute approximate surface area is 162 Å². The zero-order valence-electron chi connectivity index (χ0n) is 15.3. The van der Waals surface area contributed by atoms with Gasteiger partial charge in [-0.1, -0.05) is 0 Å². The van der Waals surface area contributed by atoms with Gasteiger partial charge in [0.15, 0.2) is 0 Å². The van der Waals surface area contributed by atoms with E-state index in [1.54, 1.807) is 30.8 Å². The van der Waals surface area contributed by atoms with Gasteiger partial charge in [-0.15, -0.1) is 11.3 Å². The number of ether oxygens (including phenoxy) is 1. The summed E-state index contributed by atoms with van der Waals surface area (Å²) in [5, 5.41) is 4.42. The van der Waals surface area contributed by atoms with Crippen molar-refractivity contribution in [3.63, 3.8) is 0 Å². The van der Waals surface area contributed by atoms with Crippen molar-refractivity contribution in [1.29, 1.82) is 0 Å². The third-order valence-corrected chi connectivity index (χ3v) is 9.09. The zero-order chi connectivity index (χ0) is 18.9. The number of nitrogens with zero attached hydrogens (tertiary/aromatic N) is 2. The van der Waals surface area contributed by atoms with Crippen molar-refractivity contribution in [1.82, 2.24) is 9.97 Å². The number of aromatic nitrogens is 2. The van der Waals surface area contributed by atoms with Crippen LogP contribution in [-0.4, -0.2) is 36.4 Å². The van der Waals surface area contributed by atoms with E-state index >= 15 is 0 Å². The average molecular weight is 403 g/mol. The Bertz CT molecular complexity index is 980. The molecule has 1 N–H and O–H groups in total. The smallest absolute Gasteiger partial charge is 0.213 e. The molecule has 1 saturated heterocycles. The number of hydrogen-bond acceptors (Lipinski definition) is 7. The highest BCUT2D eigenvalue weighted by molar-refractivity contribution is 7.60. The average Bonchev–Trinajstić information content (AvgIpc) is 3.29. The van der Waals surface area contributed by atoms with E-state index in [-0.39, 0.29) is 5.66 Å². The number of hydrogen-bond donors (Lipinski definition) is 1. The molecular formula is C19H22N3O3PS. The maximum Gasteiger partial charge on any atom is 0.213 e. The normalized spacial score (nSPS) is 20.7. The molecule has 2 unspecified atom stereocenters. The molecule has 8 heteroatoms. The number of benzene rings is 1. The van der Waals surface area contributed by atoms with Crippen molar-refractivity contribution in [2.75, 3.05) is 31.7 Å². The van der Waals surface area contributed by atoms with Crippen LogP contribution in [0, 0.1) is 6.92 Å². The van der Waals surface area contributed by atoms with Gasteiger partial charge in [0, 0.05) is 22.3 Å². The van der Waals surface area contributed by atoms with Crippen molar-refractivity contribution in [2.45, 2.75) is 19.0 Å². The van der Waals surface area contributed by atoms with Gasteiger partial charge in [-0.2, -0.15) is 0 Å². The summed E-state index contributed by atoms with van der Waals surface area (Å²) in [7, 11) is -1.09. The lowest BCUT2D eigenvalue weighted by Gasteiger charge is -2.22. The summed E-state index contributed by atoms with van der Waals surface area (Å²) in [6.07, 6.45) is 4.89. The number of aryl methyl sites for hydroxylation is 1. The minimum Gasteiger partial charge on any atom is -0.497 e. The second-order valence-electron chi connectivity index (χ2n) is 6.63. The van der Waals surface area contributed by atoms with Crippen LogP contribution < -0.4 is 10.1 Å². The van der Waals surface area contributed by atoms with E-state index in [4.69, 9.17) is 9.26 Å². The third kappa shape index (κ3) is 3.86. The fourth-order valence-electron chi connectivity index (χ4n) is 3.26. The Morgan fingerprint density at radius 2 is 2.22 bits per heavy atom. The van der Waals surface area contributed by atoms with Crippen LogP contribution in [0.1, 0.15) is 22.7 Å². The lowest BCUT2D eigenvalue weighted by molar-refractivity contribution is 0.344. The molecule has 0 amide bonds. The molecule has 0 saturated carbocycles. The molecule has 1 aromatic carbocycles. The van der Waals surface area contributed by atoms with E-state index in [1.165, 1.54) is 0 Å². The van der Waals surface area contributed by atoms with Gasteiger partial charge in [-0.3, -0.25) is 9.55 Å². The summed E-state index contributed by atoms with van der Waals surface area (Å²) in [5.41, 5.74) is 0.661. The summed E-state index contributed by atoms with van der Waals surface area (Å²) >= 11 is 1.65. The highest BCUT2D eigenvalue weighted by Gasteiger charge is 2.39. The van der Waals surface area contributed by atoms with Crippen LogP contribution in [-0.2, 0) is 9.09 Å². The Morgan fingerprint density at radius 3 is 2.93 bits per heavy atom. The molecule has 1 aliphatic heterocycles. The topological polar surface area (TPSA) is 73.3 Å². The summed E-state index contributed by atoms with van der Waals surface area (Å²) in [6.45, 7) is 2.96. The molecule has 2 atom stereocenters. The van der Waals surface area contributed by atoms with Crippen molar-refractivity contribution in [3.05, 3.63) is 47.2 Å². The predicted molar refractivity (Wildman–Crippen MR) is 109 cm³/mol. The van der Waals surface area contributed by atoms with E-state index < -0.39 is 7.37 Å². The van der Waals surface area contributed by atoms with Gasteiger partial charge in [-0.05, 0) is 43.0 Å². The lowest BCUT2D eigenvalue weighted by Crippen LogP contribution is -2.14. The first-order valence-electron chi connectivity index (χ1n) is 8.91. The fraction of sp³-hybridized carbons (Fsp3) is 0.368. The number of nitrogens with one attached hydrogen (secondary N) is 1. The largest absolute Gasteiger partial charge is 0.497 e. The summed E-state index contributed by atoms with van der Waals surface area (Å²) in [4.78, 5) is 9.67. The summed E-state index contributed by atoms with van der Waals surface area (Å²) in [6, 6.07) is 8.12. The number of anilines is 1. The lowest BCUT2D eigenvalue weighted by atomic mass is 10.2. The van der Waals surface area contributed by atoms with Crippen LogP contribution in [0.3, 0.4) is 0 Å². The third-order valence-electron chi connectivity index (χ3n) is 4.73. The molecule has 2 aromatic heterocycles. The van der Waals surface area contributed by atoms with Gasteiger partial charge in [0.05, 0.1) is 37.5 Å². The van der Waals surface area contributed by atoms with E-state index in [2.05, 4.69) is 21.4 Å². The van der Waals surface area contributed by atoms with E-state index in [0.29, 0.717) is 25.1 Å². The molecule has 0 bridgehead atoms. The second kappa shape index (κ2) is 7.58. The van der Waals surface area contributed by atoms with Crippen molar-refractivity contribution in [3.8, 4) is 5.75 Å². The Hall–Kier alpha value is -1.95. The second-order valence-corrected chi connectivity index (χ2v) is 10.5. The molecule has 3 heterocycles. The molecule has 27 heavy (non-hydrogen) atoms. The quantitative estimate of drug-likeness (QED) is 0.593. The van der Waals surface area contributed by atoms with Gasteiger partial charge in [0.2, 0.25) is 7.37 Å². The van der Waals surface area contributed by atoms with Crippen LogP contribution in [0.25, 0.3) is 10.1 Å². The highest BCUT2D eigenvalue weighted by Crippen LogP contribution is 2.64. The Morgan fingerprint density at radius 1 is 1.33 bits per heavy atom. The number of methoxy groups -OCH3 is 1. The molecular weight excluding hydrogens is 381 g/mol. The van der Waals surface area contributed by atoms with Crippen LogP contribution in [0.5, 0.6) is 5.75 Å². The molecule has 0 radical (unpaired) electrons. The van der Waals surface area contributed by atoms with Crippen LogP contribution in [0.15, 0.2) is 36.7 Å². The van der Waals surface area contributed by atoms with Gasteiger partial charge < -0.3 is 14.6 Å². The maximum atomic E-state index is 13.5. The minimum absolute atomic E-state index is 0.202. The predicted octanol–water partition coefficient (Wildman–Crippen LogP) is 4.86. The van der Waals surface area contributed by atoms with Crippen LogP contribution in [0.4, 0.5) is 5.82 Å². The van der Waals surface area contributed by atoms with Crippen molar-refractivity contribution >= 4 is 34.6 Å². The highest BCUT2D eigenvalue weighted by atomic mass is 32.1. The van der Waals surface area contributed by atoms with Crippen molar-refractivity contribution < 1.29 is 13.8 Å². The van der Waals surface area contributed by atoms with E-state index in [1.807, 2.05) is 25.1 Å². The Kier molecular flexibility index (Phi) is 5.17. The first-order chi connectivity index (χ1) is 13.1. The standard InChI is InChI=1S/C19H22N3O3PS/c1-13-10-21-19(12-20-13)22-11-16(26(23)7-3-6-25-26)18-8-14-4-5-15(24-2)9-17(14)27-18/h4-5,8-10,12,16H,3,6-7,11H2,1-2H3,(H,21,22). The van der Waals surface area contributed by atoms with E-state index in [9.17, 15) is 4.57 Å². The SMILES string of the molecule is COc1ccc2cc(C(CNc3cnc(C)cn3)P3(=O)CCCO3)sc2c1. The molecule has 6 nitrogen and oxygen atoms in total. The monoisotopic (exact) mass is 403 g/mol. The molecule has 142 valence electrons. The van der Waals surface area contributed by atoms with Gasteiger partial charge in [0.1, 0.15) is 11.6 Å². The van der Waals surface area contributed by atoms with Crippen LogP contribution in [0.2, 0.25) is 0 Å². The number of fused-ring (bicyclic) bond motifs is 1.